The molecule has 0 aromatic carbocycles. The molecule has 1 saturated heterocycles. The third kappa shape index (κ3) is 2.44. The highest BCUT2D eigenvalue weighted by molar-refractivity contribution is 7.12. The van der Waals surface area contributed by atoms with Crippen LogP contribution in [0, 0.1) is 6.92 Å². The number of rotatable bonds is 3. The summed E-state index contributed by atoms with van der Waals surface area (Å²) in [6.45, 7) is 3.84. The molecule has 0 amide bonds. The summed E-state index contributed by atoms with van der Waals surface area (Å²) in [6, 6.07) is 3.52. The average Bonchev–Trinajstić information content (AvgIpc) is 2.66. The van der Waals surface area contributed by atoms with E-state index in [-0.39, 0.29) is 0 Å². The molecule has 2 heterocycles. The summed E-state index contributed by atoms with van der Waals surface area (Å²) in [4.78, 5) is 15.6. The lowest BCUT2D eigenvalue weighted by atomic mass is 10.1. The van der Waals surface area contributed by atoms with Crippen molar-refractivity contribution < 1.29 is 9.90 Å². The topological polar surface area (TPSA) is 40.5 Å². The van der Waals surface area contributed by atoms with Crippen LogP contribution >= 0.6 is 11.3 Å². The van der Waals surface area contributed by atoms with E-state index in [1.807, 2.05) is 19.1 Å². The molecule has 1 aliphatic rings. The van der Waals surface area contributed by atoms with Gasteiger partial charge in [-0.25, -0.2) is 0 Å². The smallest absolute Gasteiger partial charge is 0.326 e. The van der Waals surface area contributed by atoms with E-state index in [1.165, 1.54) is 11.3 Å². The van der Waals surface area contributed by atoms with Gasteiger partial charge in [0, 0.05) is 9.75 Å². The summed E-state index contributed by atoms with van der Waals surface area (Å²) in [5.74, 6) is -0.719. The van der Waals surface area contributed by atoms with Gasteiger partial charge in [0.05, 0.1) is 0 Å². The normalized spacial score (nSPS) is 19.6. The molecule has 1 atom stereocenters. The minimum atomic E-state index is -0.719. The molecule has 0 spiro atoms. The van der Waals surface area contributed by atoms with Gasteiger partial charge in [0.2, 0.25) is 0 Å². The van der Waals surface area contributed by atoms with Crippen molar-refractivity contribution in [2.75, 3.05) is 13.1 Å². The van der Waals surface area contributed by atoms with E-state index < -0.39 is 12.0 Å². The number of hydrogen-bond donors (Lipinski definition) is 1. The second-order valence-electron chi connectivity index (χ2n) is 4.29. The van der Waals surface area contributed by atoms with Gasteiger partial charge in [-0.3, -0.25) is 9.69 Å². The maximum atomic E-state index is 11.4. The quantitative estimate of drug-likeness (QED) is 0.881. The molecule has 0 aliphatic carbocycles. The van der Waals surface area contributed by atoms with Crippen molar-refractivity contribution in [1.82, 2.24) is 4.90 Å². The summed E-state index contributed by atoms with van der Waals surface area (Å²) in [6.07, 6.45) is 3.47. The Morgan fingerprint density at radius 3 is 2.56 bits per heavy atom. The van der Waals surface area contributed by atoms with Crippen LogP contribution in [0.2, 0.25) is 0 Å². The largest absolute Gasteiger partial charge is 0.480 e. The average molecular weight is 239 g/mol. The Morgan fingerprint density at radius 2 is 2.06 bits per heavy atom. The van der Waals surface area contributed by atoms with E-state index in [0.717, 1.165) is 30.8 Å². The number of aliphatic carboxylic acids is 1. The Hall–Kier alpha value is -0.870. The Balaban J connectivity index is 2.19. The second kappa shape index (κ2) is 4.97. The lowest BCUT2D eigenvalue weighted by Gasteiger charge is -2.31. The molecule has 1 aromatic heterocycles. The third-order valence-corrected chi connectivity index (χ3v) is 4.07. The standard InChI is InChI=1S/C12H17NO2S/c1-9-5-6-10(16-9)11(12(14)15)13-7-3-2-4-8-13/h5-6,11H,2-4,7-8H2,1H3,(H,14,15)/t11-/m1/s1. The maximum Gasteiger partial charge on any atom is 0.326 e. The molecular weight excluding hydrogens is 222 g/mol. The van der Waals surface area contributed by atoms with E-state index in [9.17, 15) is 9.90 Å². The molecule has 16 heavy (non-hydrogen) atoms. The van der Waals surface area contributed by atoms with Crippen LogP contribution in [0.4, 0.5) is 0 Å². The molecule has 0 radical (unpaired) electrons. The maximum absolute atomic E-state index is 11.4. The first-order valence-corrected chi connectivity index (χ1v) is 6.53. The molecule has 1 aromatic rings. The van der Waals surface area contributed by atoms with Gasteiger partial charge in [-0.15, -0.1) is 11.3 Å². The monoisotopic (exact) mass is 239 g/mol. The number of carboxylic acids is 1. The lowest BCUT2D eigenvalue weighted by Crippen LogP contribution is -2.37. The van der Waals surface area contributed by atoms with Gasteiger partial charge in [0.1, 0.15) is 6.04 Å². The van der Waals surface area contributed by atoms with Crippen molar-refractivity contribution in [1.29, 1.82) is 0 Å². The number of carboxylic acid groups (broad SMARTS) is 1. The van der Waals surface area contributed by atoms with Gasteiger partial charge < -0.3 is 5.11 Å². The number of thiophene rings is 1. The number of likely N-dealkylation sites (tertiary alicyclic amines) is 1. The Bertz CT molecular complexity index is 369. The van der Waals surface area contributed by atoms with Crippen molar-refractivity contribution in [3.05, 3.63) is 21.9 Å². The highest BCUT2D eigenvalue weighted by Crippen LogP contribution is 2.29. The molecule has 3 nitrogen and oxygen atoms in total. The minimum absolute atomic E-state index is 0.431. The molecule has 2 rings (SSSR count). The predicted octanol–water partition coefficient (Wildman–Crippen LogP) is 2.67. The third-order valence-electron chi connectivity index (χ3n) is 3.02. The van der Waals surface area contributed by atoms with Crippen molar-refractivity contribution in [3.63, 3.8) is 0 Å². The first-order chi connectivity index (χ1) is 7.68. The first kappa shape index (κ1) is 11.6. The number of aryl methyl sites for hydroxylation is 1. The van der Waals surface area contributed by atoms with E-state index in [0.29, 0.717) is 0 Å². The first-order valence-electron chi connectivity index (χ1n) is 5.71. The van der Waals surface area contributed by atoms with Crippen molar-refractivity contribution in [3.8, 4) is 0 Å². The van der Waals surface area contributed by atoms with E-state index in [2.05, 4.69) is 4.90 Å². The van der Waals surface area contributed by atoms with E-state index in [4.69, 9.17) is 0 Å². The highest BCUT2D eigenvalue weighted by Gasteiger charge is 2.29. The van der Waals surface area contributed by atoms with Crippen LogP contribution in [0.15, 0.2) is 12.1 Å². The van der Waals surface area contributed by atoms with E-state index in [1.54, 1.807) is 11.3 Å². The molecule has 0 saturated carbocycles. The number of hydrogen-bond acceptors (Lipinski definition) is 3. The van der Waals surface area contributed by atoms with Crippen molar-refractivity contribution in [2.24, 2.45) is 0 Å². The van der Waals surface area contributed by atoms with Gasteiger partial charge in [-0.2, -0.15) is 0 Å². The number of piperidine rings is 1. The number of carbonyl (C=O) groups is 1. The Labute approximate surface area is 99.7 Å². The molecule has 0 unspecified atom stereocenters. The zero-order valence-corrected chi connectivity index (χ0v) is 10.3. The summed E-state index contributed by atoms with van der Waals surface area (Å²) in [5.41, 5.74) is 0. The van der Waals surface area contributed by atoms with E-state index >= 15 is 0 Å². The highest BCUT2D eigenvalue weighted by atomic mass is 32.1. The summed E-state index contributed by atoms with van der Waals surface area (Å²) < 4.78 is 0. The van der Waals surface area contributed by atoms with Crippen LogP contribution in [0.1, 0.15) is 35.1 Å². The molecule has 1 fully saturated rings. The van der Waals surface area contributed by atoms with Gasteiger partial charge >= 0.3 is 5.97 Å². The lowest BCUT2D eigenvalue weighted by molar-refractivity contribution is -0.143. The van der Waals surface area contributed by atoms with Crippen LogP contribution in [-0.2, 0) is 4.79 Å². The van der Waals surface area contributed by atoms with Crippen LogP contribution in [0.25, 0.3) is 0 Å². The Morgan fingerprint density at radius 1 is 1.38 bits per heavy atom. The van der Waals surface area contributed by atoms with Gasteiger partial charge in [0.25, 0.3) is 0 Å². The fourth-order valence-electron chi connectivity index (χ4n) is 2.23. The minimum Gasteiger partial charge on any atom is -0.480 e. The van der Waals surface area contributed by atoms with Crippen LogP contribution in [-0.4, -0.2) is 29.1 Å². The fourth-order valence-corrected chi connectivity index (χ4v) is 3.24. The number of nitrogens with zero attached hydrogens (tertiary/aromatic N) is 1. The zero-order chi connectivity index (χ0) is 11.5. The SMILES string of the molecule is Cc1ccc([C@H](C(=O)O)N2CCCCC2)s1. The molecule has 4 heteroatoms. The molecule has 0 bridgehead atoms. The molecular formula is C12H17NO2S. The summed E-state index contributed by atoms with van der Waals surface area (Å²) in [5, 5.41) is 9.35. The Kier molecular flexibility index (Phi) is 3.61. The van der Waals surface area contributed by atoms with Crippen molar-refractivity contribution in [2.45, 2.75) is 32.2 Å². The molecule has 1 N–H and O–H groups in total. The molecule has 1 aliphatic heterocycles. The van der Waals surface area contributed by atoms with Crippen LogP contribution < -0.4 is 0 Å². The summed E-state index contributed by atoms with van der Waals surface area (Å²) in [7, 11) is 0. The van der Waals surface area contributed by atoms with Gasteiger partial charge in [0.15, 0.2) is 0 Å². The van der Waals surface area contributed by atoms with Crippen LogP contribution in [0.3, 0.4) is 0 Å². The predicted molar refractivity (Wildman–Crippen MR) is 64.9 cm³/mol. The van der Waals surface area contributed by atoms with Gasteiger partial charge in [-0.1, -0.05) is 6.42 Å². The summed E-state index contributed by atoms with van der Waals surface area (Å²) >= 11 is 1.60. The van der Waals surface area contributed by atoms with Gasteiger partial charge in [-0.05, 0) is 45.0 Å². The second-order valence-corrected chi connectivity index (χ2v) is 5.61. The van der Waals surface area contributed by atoms with Crippen molar-refractivity contribution >= 4 is 17.3 Å². The molecule has 88 valence electrons. The van der Waals surface area contributed by atoms with Crippen LogP contribution in [0.5, 0.6) is 0 Å². The zero-order valence-electron chi connectivity index (χ0n) is 9.48. The fraction of sp³-hybridized carbons (Fsp3) is 0.583.